The summed E-state index contributed by atoms with van der Waals surface area (Å²) in [5.41, 5.74) is 2.60. The maximum atomic E-state index is 12.6. The maximum Gasteiger partial charge on any atom is 0.309 e. The number of pyridine rings is 1. The molecule has 1 fully saturated rings. The molecule has 1 saturated heterocycles. The van der Waals surface area contributed by atoms with Crippen LogP contribution >= 0.6 is 11.3 Å². The number of thiophene rings is 1. The van der Waals surface area contributed by atoms with Gasteiger partial charge in [-0.2, -0.15) is 4.31 Å². The zero-order chi connectivity index (χ0) is 19.7. The van der Waals surface area contributed by atoms with Gasteiger partial charge in [0, 0.05) is 25.5 Å². The fourth-order valence-corrected chi connectivity index (χ4v) is 6.02. The number of carbonyl (C=O) groups is 1. The summed E-state index contributed by atoms with van der Waals surface area (Å²) in [6, 6.07) is 7.26. The van der Waals surface area contributed by atoms with Crippen LogP contribution in [0.1, 0.15) is 24.1 Å². The molecule has 0 bridgehead atoms. The number of aryl methyl sites for hydroxylation is 1. The average Bonchev–Trinajstić information content (AvgIpc) is 3.37. The number of piperidine rings is 1. The molecule has 4 heterocycles. The van der Waals surface area contributed by atoms with Gasteiger partial charge in [0.2, 0.25) is 0 Å². The summed E-state index contributed by atoms with van der Waals surface area (Å²) in [5.74, 6) is -0.574. The van der Waals surface area contributed by atoms with Crippen molar-refractivity contribution in [1.29, 1.82) is 0 Å². The van der Waals surface area contributed by atoms with E-state index in [1.807, 2.05) is 35.9 Å². The lowest BCUT2D eigenvalue weighted by Gasteiger charge is -2.29. The van der Waals surface area contributed by atoms with Crippen molar-refractivity contribution >= 4 is 33.0 Å². The fraction of sp³-hybridized carbons (Fsp3) is 0.368. The van der Waals surface area contributed by atoms with Crippen molar-refractivity contribution in [2.45, 2.75) is 30.6 Å². The maximum absolute atomic E-state index is 12.6. The summed E-state index contributed by atoms with van der Waals surface area (Å²) >= 11 is 1.21. The topological polar surface area (TPSA) is 81.0 Å². The standard InChI is InChI=1S/C19H21N3O4S2/c1-14-4-2-8-21-12-16(20-18(14)21)13-26-19(23)15-6-9-22(10-7-15)28(24,25)17-5-3-11-27-17/h2-5,8,11-12,15H,6-7,9-10,13H2,1H3. The van der Waals surface area contributed by atoms with Gasteiger partial charge in [0.25, 0.3) is 10.0 Å². The van der Waals surface area contributed by atoms with Crippen LogP contribution in [0.2, 0.25) is 0 Å². The quantitative estimate of drug-likeness (QED) is 0.594. The Bertz CT molecular complexity index is 1080. The van der Waals surface area contributed by atoms with Crippen LogP contribution in [0, 0.1) is 12.8 Å². The minimum absolute atomic E-state index is 0.119. The van der Waals surface area contributed by atoms with Crippen molar-refractivity contribution in [3.8, 4) is 0 Å². The van der Waals surface area contributed by atoms with E-state index in [9.17, 15) is 13.2 Å². The predicted octanol–water partition coefficient (Wildman–Crippen LogP) is 2.85. The molecule has 0 unspecified atom stereocenters. The summed E-state index contributed by atoms with van der Waals surface area (Å²) in [6.07, 6.45) is 4.69. The van der Waals surface area contributed by atoms with Crippen molar-refractivity contribution in [1.82, 2.24) is 13.7 Å². The zero-order valence-corrected chi connectivity index (χ0v) is 17.1. The second-order valence-corrected chi connectivity index (χ2v) is 9.98. The molecule has 1 aliphatic heterocycles. The van der Waals surface area contributed by atoms with Crippen LogP contribution in [0.3, 0.4) is 0 Å². The van der Waals surface area contributed by atoms with Gasteiger partial charge in [0.15, 0.2) is 0 Å². The van der Waals surface area contributed by atoms with E-state index in [2.05, 4.69) is 4.98 Å². The minimum atomic E-state index is -3.46. The lowest BCUT2D eigenvalue weighted by molar-refractivity contribution is -0.151. The van der Waals surface area contributed by atoms with Gasteiger partial charge in [-0.15, -0.1) is 11.3 Å². The van der Waals surface area contributed by atoms with Crippen LogP contribution in [0.25, 0.3) is 5.65 Å². The van der Waals surface area contributed by atoms with Crippen molar-refractivity contribution in [3.63, 3.8) is 0 Å². The highest BCUT2D eigenvalue weighted by Crippen LogP contribution is 2.27. The van der Waals surface area contributed by atoms with Gasteiger partial charge < -0.3 is 9.14 Å². The van der Waals surface area contributed by atoms with Crippen molar-refractivity contribution in [2.24, 2.45) is 5.92 Å². The summed E-state index contributed by atoms with van der Waals surface area (Å²) < 4.78 is 34.3. The first kappa shape index (κ1) is 19.1. The first-order chi connectivity index (χ1) is 13.4. The van der Waals surface area contributed by atoms with Crippen LogP contribution in [0.4, 0.5) is 0 Å². The molecule has 0 aromatic carbocycles. The smallest absolute Gasteiger partial charge is 0.309 e. The third-order valence-electron chi connectivity index (χ3n) is 4.97. The van der Waals surface area contributed by atoms with Crippen LogP contribution < -0.4 is 0 Å². The molecule has 4 rings (SSSR count). The lowest BCUT2D eigenvalue weighted by Crippen LogP contribution is -2.40. The van der Waals surface area contributed by atoms with E-state index in [-0.39, 0.29) is 18.5 Å². The zero-order valence-electron chi connectivity index (χ0n) is 15.4. The SMILES string of the molecule is Cc1cccn2cc(COC(=O)C3CCN(S(=O)(=O)c4cccs4)CC3)nc12. The Balaban J connectivity index is 1.33. The highest BCUT2D eigenvalue weighted by Gasteiger charge is 2.33. The number of aromatic nitrogens is 2. The van der Waals surface area contributed by atoms with E-state index in [4.69, 9.17) is 4.74 Å². The molecule has 1 aliphatic rings. The van der Waals surface area contributed by atoms with Crippen LogP contribution in [-0.2, 0) is 26.2 Å². The number of imidazole rings is 1. The third kappa shape index (κ3) is 3.69. The summed E-state index contributed by atoms with van der Waals surface area (Å²) in [6.45, 7) is 2.75. The first-order valence-electron chi connectivity index (χ1n) is 9.08. The van der Waals surface area contributed by atoms with Gasteiger partial charge in [-0.25, -0.2) is 13.4 Å². The highest BCUT2D eigenvalue weighted by molar-refractivity contribution is 7.91. The third-order valence-corrected chi connectivity index (χ3v) is 8.24. The van der Waals surface area contributed by atoms with Crippen molar-refractivity contribution in [3.05, 3.63) is 53.3 Å². The summed E-state index contributed by atoms with van der Waals surface area (Å²) in [5, 5.41) is 1.75. The molecule has 3 aromatic heterocycles. The van der Waals surface area contributed by atoms with Crippen LogP contribution in [-0.4, -0.2) is 41.2 Å². The normalized spacial score (nSPS) is 16.5. The molecule has 0 spiro atoms. The first-order valence-corrected chi connectivity index (χ1v) is 11.4. The van der Waals surface area contributed by atoms with Gasteiger partial charge in [0.05, 0.1) is 11.6 Å². The molecular formula is C19H21N3O4S2. The fourth-order valence-electron chi connectivity index (χ4n) is 3.41. The molecule has 0 atom stereocenters. The molecule has 3 aromatic rings. The van der Waals surface area contributed by atoms with Gasteiger partial charge >= 0.3 is 5.97 Å². The van der Waals surface area contributed by atoms with Gasteiger partial charge in [-0.3, -0.25) is 4.79 Å². The molecule has 0 saturated carbocycles. The Hall–Kier alpha value is -2.23. The van der Waals surface area contributed by atoms with E-state index in [1.54, 1.807) is 17.5 Å². The second-order valence-electron chi connectivity index (χ2n) is 6.87. The molecule has 0 aliphatic carbocycles. The summed E-state index contributed by atoms with van der Waals surface area (Å²) in [7, 11) is -3.46. The number of hydrogen-bond acceptors (Lipinski definition) is 6. The summed E-state index contributed by atoms with van der Waals surface area (Å²) in [4.78, 5) is 16.9. The monoisotopic (exact) mass is 419 g/mol. The Morgan fingerprint density at radius 1 is 1.29 bits per heavy atom. The van der Waals surface area contributed by atoms with Crippen molar-refractivity contribution < 1.29 is 17.9 Å². The predicted molar refractivity (Wildman–Crippen MR) is 106 cm³/mol. The molecule has 0 amide bonds. The number of carbonyl (C=O) groups excluding carboxylic acids is 1. The molecule has 9 heteroatoms. The lowest BCUT2D eigenvalue weighted by atomic mass is 9.98. The van der Waals surface area contributed by atoms with E-state index < -0.39 is 10.0 Å². The molecule has 7 nitrogen and oxygen atoms in total. The number of nitrogens with zero attached hydrogens (tertiary/aromatic N) is 3. The Morgan fingerprint density at radius 3 is 2.75 bits per heavy atom. The number of rotatable bonds is 5. The number of ether oxygens (including phenoxy) is 1. The highest BCUT2D eigenvalue weighted by atomic mass is 32.2. The van der Waals surface area contributed by atoms with Crippen LogP contribution in [0.15, 0.2) is 46.2 Å². The molecular weight excluding hydrogens is 398 g/mol. The molecule has 148 valence electrons. The van der Waals surface area contributed by atoms with E-state index in [0.717, 1.165) is 11.2 Å². The van der Waals surface area contributed by atoms with Gasteiger partial charge in [-0.05, 0) is 42.8 Å². The molecule has 0 radical (unpaired) electrons. The minimum Gasteiger partial charge on any atom is -0.459 e. The Kier molecular flexibility index (Phi) is 5.22. The average molecular weight is 420 g/mol. The molecule has 0 N–H and O–H groups in total. The van der Waals surface area contributed by atoms with E-state index in [0.29, 0.717) is 35.8 Å². The van der Waals surface area contributed by atoms with Gasteiger partial charge in [-0.1, -0.05) is 12.1 Å². The largest absolute Gasteiger partial charge is 0.459 e. The number of esters is 1. The van der Waals surface area contributed by atoms with Gasteiger partial charge in [0.1, 0.15) is 16.5 Å². The Morgan fingerprint density at radius 2 is 2.07 bits per heavy atom. The van der Waals surface area contributed by atoms with Crippen LogP contribution in [0.5, 0.6) is 0 Å². The number of fused-ring (bicyclic) bond motifs is 1. The van der Waals surface area contributed by atoms with Crippen molar-refractivity contribution in [2.75, 3.05) is 13.1 Å². The van der Waals surface area contributed by atoms with E-state index in [1.165, 1.54) is 15.6 Å². The van der Waals surface area contributed by atoms with E-state index >= 15 is 0 Å². The number of hydrogen-bond donors (Lipinski definition) is 0. The Labute approximate surface area is 167 Å². The number of sulfonamides is 1. The second kappa shape index (κ2) is 7.65. The molecule has 28 heavy (non-hydrogen) atoms.